The van der Waals surface area contributed by atoms with Crippen molar-refractivity contribution in [2.75, 3.05) is 5.32 Å². The summed E-state index contributed by atoms with van der Waals surface area (Å²) in [7, 11) is 0. The molecule has 0 unspecified atom stereocenters. The number of primary amides is 1. The average Bonchev–Trinajstić information content (AvgIpc) is 2.92. The van der Waals surface area contributed by atoms with Gasteiger partial charge in [0, 0.05) is 12.4 Å². The molecule has 7 N–H and O–H groups in total. The molecule has 0 spiro atoms. The maximum absolute atomic E-state index is 11.6. The van der Waals surface area contributed by atoms with Crippen molar-refractivity contribution in [3.05, 3.63) is 35.9 Å². The maximum Gasteiger partial charge on any atom is 0.254 e. The van der Waals surface area contributed by atoms with Crippen molar-refractivity contribution < 1.29 is 4.79 Å². The Hall–Kier alpha value is -2.44. The number of nitrogens with one attached hydrogen (secondary N) is 1. The molecule has 1 heterocycles. The van der Waals surface area contributed by atoms with Crippen molar-refractivity contribution in [1.29, 1.82) is 0 Å². The van der Waals surface area contributed by atoms with Crippen molar-refractivity contribution in [2.45, 2.75) is 38.1 Å². The molecule has 1 fully saturated rings. The quantitative estimate of drug-likeness (QED) is 0.606. The van der Waals surface area contributed by atoms with Crippen LogP contribution in [0.25, 0.3) is 0 Å². The number of allylic oxidation sites excluding steroid dienone is 1. The van der Waals surface area contributed by atoms with Crippen LogP contribution in [0.1, 0.15) is 48.5 Å². The van der Waals surface area contributed by atoms with Gasteiger partial charge in [-0.1, -0.05) is 19.3 Å². The first-order chi connectivity index (χ1) is 10.2. The minimum absolute atomic E-state index is 0.322. The highest BCUT2D eigenvalue weighted by Crippen LogP contribution is 2.29. The number of anilines is 1. The Balaban J connectivity index is 2.26. The lowest BCUT2D eigenvalue weighted by atomic mass is 9.96. The first kappa shape index (κ1) is 15.0. The van der Waals surface area contributed by atoms with E-state index in [9.17, 15) is 4.79 Å². The van der Waals surface area contributed by atoms with Gasteiger partial charge in [0.2, 0.25) is 0 Å². The zero-order chi connectivity index (χ0) is 15.2. The van der Waals surface area contributed by atoms with Crippen LogP contribution in [0.2, 0.25) is 0 Å². The van der Waals surface area contributed by atoms with Crippen molar-refractivity contribution in [3.63, 3.8) is 0 Å². The van der Waals surface area contributed by atoms with E-state index in [-0.39, 0.29) is 0 Å². The smallest absolute Gasteiger partial charge is 0.254 e. The molecule has 0 radical (unpaired) electrons. The van der Waals surface area contributed by atoms with Crippen LogP contribution in [-0.4, -0.2) is 15.7 Å². The van der Waals surface area contributed by atoms with Gasteiger partial charge in [-0.25, -0.2) is 0 Å². The molecule has 0 atom stereocenters. The summed E-state index contributed by atoms with van der Waals surface area (Å²) in [6.45, 7) is 0. The summed E-state index contributed by atoms with van der Waals surface area (Å²) in [6.07, 6.45) is 11.8. The summed E-state index contributed by atoms with van der Waals surface area (Å²) in [5.41, 5.74) is 17.2. The highest BCUT2D eigenvalue weighted by Gasteiger charge is 2.20. The molecule has 0 aromatic carbocycles. The predicted molar refractivity (Wildman–Crippen MR) is 82.1 cm³/mol. The molecule has 1 aliphatic rings. The van der Waals surface area contributed by atoms with Crippen LogP contribution < -0.4 is 22.5 Å². The molecule has 0 aliphatic heterocycles. The van der Waals surface area contributed by atoms with Crippen molar-refractivity contribution in [2.24, 2.45) is 17.2 Å². The Kier molecular flexibility index (Phi) is 4.86. The molecule has 1 saturated carbocycles. The second kappa shape index (κ2) is 6.83. The van der Waals surface area contributed by atoms with E-state index >= 15 is 0 Å². The Labute approximate surface area is 123 Å². The third kappa shape index (κ3) is 3.56. The molecular formula is C14H22N6O. The van der Waals surface area contributed by atoms with Crippen molar-refractivity contribution in [1.82, 2.24) is 9.78 Å². The summed E-state index contributed by atoms with van der Waals surface area (Å²) in [6, 6.07) is 0.322. The lowest BCUT2D eigenvalue weighted by Gasteiger charge is -2.21. The van der Waals surface area contributed by atoms with Crippen molar-refractivity contribution in [3.8, 4) is 0 Å². The van der Waals surface area contributed by atoms with Crippen LogP contribution in [0.4, 0.5) is 5.82 Å². The van der Waals surface area contributed by atoms with Gasteiger partial charge >= 0.3 is 0 Å². The molecule has 1 aromatic rings. The number of carbonyl (C=O) groups excluding carboxylic acids is 1. The molecule has 0 bridgehead atoms. The molecular weight excluding hydrogens is 268 g/mol. The van der Waals surface area contributed by atoms with Crippen LogP contribution in [0.3, 0.4) is 0 Å². The summed E-state index contributed by atoms with van der Waals surface area (Å²) >= 11 is 0. The minimum Gasteiger partial charge on any atom is -0.405 e. The summed E-state index contributed by atoms with van der Waals surface area (Å²) in [4.78, 5) is 11.6. The molecule has 0 saturated heterocycles. The number of hydrogen-bond acceptors (Lipinski definition) is 5. The van der Waals surface area contributed by atoms with Gasteiger partial charge in [-0.3, -0.25) is 9.48 Å². The fourth-order valence-corrected chi connectivity index (χ4v) is 2.58. The number of rotatable bonds is 5. The number of amides is 1. The molecule has 7 nitrogen and oxygen atoms in total. The van der Waals surface area contributed by atoms with Crippen LogP contribution in [0.5, 0.6) is 0 Å². The van der Waals surface area contributed by atoms with E-state index in [0.29, 0.717) is 23.1 Å². The summed E-state index contributed by atoms with van der Waals surface area (Å²) < 4.78 is 1.84. The van der Waals surface area contributed by atoms with E-state index < -0.39 is 5.91 Å². The zero-order valence-corrected chi connectivity index (χ0v) is 12.0. The Morgan fingerprint density at radius 2 is 2.05 bits per heavy atom. The number of nitrogens with two attached hydrogens (primary N) is 3. The van der Waals surface area contributed by atoms with Gasteiger partial charge in [0.25, 0.3) is 5.91 Å². The fraction of sp³-hybridized carbons (Fsp3) is 0.429. The van der Waals surface area contributed by atoms with E-state index in [0.717, 1.165) is 12.8 Å². The number of aromatic nitrogens is 2. The van der Waals surface area contributed by atoms with Crippen LogP contribution in [-0.2, 0) is 0 Å². The fourth-order valence-electron chi connectivity index (χ4n) is 2.58. The van der Waals surface area contributed by atoms with E-state index in [1.165, 1.54) is 31.7 Å². The standard InChI is InChI=1S/C14H22N6O/c15-7-6-10(8-16)18-14-12(13(17)21)9-20(19-14)11-4-2-1-3-5-11/h6-9,11H,1-5,15-16H2,(H2,17,21)(H,18,19)/b7-6-,10-8+. The number of carbonyl (C=O) groups is 1. The SMILES string of the molecule is N/C=C\C(=C/N)Nc1nn(C2CCCCC2)cc1C(N)=O. The average molecular weight is 290 g/mol. The summed E-state index contributed by atoms with van der Waals surface area (Å²) in [5, 5.41) is 7.43. The van der Waals surface area contributed by atoms with E-state index in [2.05, 4.69) is 10.4 Å². The number of nitrogens with zero attached hydrogens (tertiary/aromatic N) is 2. The first-order valence-electron chi connectivity index (χ1n) is 7.12. The normalized spacial score (nSPS) is 17.2. The topological polar surface area (TPSA) is 125 Å². The van der Waals surface area contributed by atoms with Gasteiger partial charge in [0.15, 0.2) is 5.82 Å². The molecule has 2 rings (SSSR count). The lowest BCUT2D eigenvalue weighted by molar-refractivity contribution is 0.100. The first-order valence-corrected chi connectivity index (χ1v) is 7.12. The van der Waals surface area contributed by atoms with Gasteiger partial charge in [0.05, 0.1) is 11.7 Å². The molecule has 21 heavy (non-hydrogen) atoms. The third-order valence-corrected chi connectivity index (χ3v) is 3.66. The highest BCUT2D eigenvalue weighted by atomic mass is 16.1. The second-order valence-electron chi connectivity index (χ2n) is 5.13. The van der Waals surface area contributed by atoms with Crippen molar-refractivity contribution >= 4 is 11.7 Å². The van der Waals surface area contributed by atoms with Gasteiger partial charge in [-0.05, 0) is 25.1 Å². The Morgan fingerprint density at radius 3 is 2.62 bits per heavy atom. The molecule has 7 heteroatoms. The lowest BCUT2D eigenvalue weighted by Crippen LogP contribution is -2.14. The Bertz CT molecular complexity index is 554. The third-order valence-electron chi connectivity index (χ3n) is 3.66. The van der Waals surface area contributed by atoms with E-state index in [4.69, 9.17) is 17.2 Å². The largest absolute Gasteiger partial charge is 0.405 e. The van der Waals surface area contributed by atoms with Gasteiger partial charge in [0.1, 0.15) is 5.56 Å². The highest BCUT2D eigenvalue weighted by molar-refractivity contribution is 5.97. The Morgan fingerprint density at radius 1 is 1.33 bits per heavy atom. The van der Waals surface area contributed by atoms with Crippen LogP contribution >= 0.6 is 0 Å². The zero-order valence-electron chi connectivity index (χ0n) is 12.0. The number of hydrogen-bond donors (Lipinski definition) is 4. The molecule has 1 amide bonds. The predicted octanol–water partition coefficient (Wildman–Crippen LogP) is 1.17. The monoisotopic (exact) mass is 290 g/mol. The van der Waals surface area contributed by atoms with Gasteiger partial charge in [-0.2, -0.15) is 5.10 Å². The minimum atomic E-state index is -0.521. The second-order valence-corrected chi connectivity index (χ2v) is 5.13. The molecule has 114 valence electrons. The maximum atomic E-state index is 11.6. The molecule has 1 aromatic heterocycles. The van der Waals surface area contributed by atoms with E-state index in [1.807, 2.05) is 4.68 Å². The summed E-state index contributed by atoms with van der Waals surface area (Å²) in [5.74, 6) is -0.115. The van der Waals surface area contributed by atoms with Crippen LogP contribution in [0, 0.1) is 0 Å². The van der Waals surface area contributed by atoms with E-state index in [1.54, 1.807) is 12.3 Å². The molecule has 1 aliphatic carbocycles. The van der Waals surface area contributed by atoms with Gasteiger partial charge < -0.3 is 22.5 Å². The van der Waals surface area contributed by atoms with Gasteiger partial charge in [-0.15, -0.1) is 0 Å². The van der Waals surface area contributed by atoms with Crippen LogP contribution in [0.15, 0.2) is 30.4 Å².